The molecule has 1 fully saturated rings. The maximum atomic E-state index is 11.7. The van der Waals surface area contributed by atoms with E-state index in [0.717, 1.165) is 30.0 Å². The van der Waals surface area contributed by atoms with E-state index in [2.05, 4.69) is 17.6 Å². The van der Waals surface area contributed by atoms with Gasteiger partial charge in [-0.05, 0) is 36.6 Å². The van der Waals surface area contributed by atoms with Crippen molar-refractivity contribution < 1.29 is 9.53 Å². The number of rotatable bonds is 4. The van der Waals surface area contributed by atoms with E-state index in [0.29, 0.717) is 6.54 Å². The molecule has 1 aromatic rings. The Bertz CT molecular complexity index is 453. The topological polar surface area (TPSA) is 50.4 Å². The molecule has 1 aromatic carbocycles. The number of carbonyl (C=O) groups is 1. The summed E-state index contributed by atoms with van der Waals surface area (Å²) in [5.74, 6) is 1.18. The van der Waals surface area contributed by atoms with Gasteiger partial charge in [0.05, 0.1) is 13.0 Å². The molecule has 0 radical (unpaired) electrons. The first kappa shape index (κ1) is 12.9. The normalized spacial score (nSPS) is 15.1. The summed E-state index contributed by atoms with van der Waals surface area (Å²) in [6.45, 7) is 6.28. The minimum atomic E-state index is 0.140. The van der Waals surface area contributed by atoms with Crippen LogP contribution in [-0.4, -0.2) is 26.1 Å². The van der Waals surface area contributed by atoms with Gasteiger partial charge in [0.2, 0.25) is 5.91 Å². The van der Waals surface area contributed by atoms with Gasteiger partial charge in [0.1, 0.15) is 5.75 Å². The molecule has 18 heavy (non-hydrogen) atoms. The molecular weight excluding hydrogens is 228 g/mol. The third-order valence-electron chi connectivity index (χ3n) is 3.67. The van der Waals surface area contributed by atoms with Crippen molar-refractivity contribution in [3.8, 4) is 5.75 Å². The van der Waals surface area contributed by atoms with Gasteiger partial charge in [-0.15, -0.1) is 0 Å². The van der Waals surface area contributed by atoms with E-state index in [1.807, 2.05) is 19.1 Å². The highest BCUT2D eigenvalue weighted by Gasteiger charge is 2.24. The Labute approximate surface area is 108 Å². The van der Waals surface area contributed by atoms with Crippen LogP contribution < -0.4 is 15.4 Å². The molecule has 1 heterocycles. The lowest BCUT2D eigenvalue weighted by molar-refractivity contribution is -0.126. The molecule has 0 spiro atoms. The first-order valence-corrected chi connectivity index (χ1v) is 6.25. The molecule has 1 aliphatic heterocycles. The van der Waals surface area contributed by atoms with E-state index >= 15 is 0 Å². The predicted molar refractivity (Wildman–Crippen MR) is 70.7 cm³/mol. The van der Waals surface area contributed by atoms with Gasteiger partial charge in [-0.1, -0.05) is 6.07 Å². The lowest BCUT2D eigenvalue weighted by atomic mass is 10.0. The van der Waals surface area contributed by atoms with Crippen LogP contribution in [0, 0.1) is 19.8 Å². The van der Waals surface area contributed by atoms with Crippen molar-refractivity contribution >= 4 is 5.91 Å². The summed E-state index contributed by atoms with van der Waals surface area (Å²) < 4.78 is 5.28. The Kier molecular flexibility index (Phi) is 3.87. The molecule has 1 saturated heterocycles. The molecule has 98 valence electrons. The summed E-state index contributed by atoms with van der Waals surface area (Å²) in [4.78, 5) is 11.7. The fraction of sp³-hybridized carbons (Fsp3) is 0.500. The highest BCUT2D eigenvalue weighted by molar-refractivity contribution is 5.80. The van der Waals surface area contributed by atoms with E-state index < -0.39 is 0 Å². The van der Waals surface area contributed by atoms with Crippen molar-refractivity contribution in [2.75, 3.05) is 20.2 Å². The highest BCUT2D eigenvalue weighted by atomic mass is 16.5. The van der Waals surface area contributed by atoms with Crippen molar-refractivity contribution in [3.63, 3.8) is 0 Å². The van der Waals surface area contributed by atoms with Gasteiger partial charge in [0, 0.05) is 19.6 Å². The average molecular weight is 248 g/mol. The molecule has 0 aliphatic carbocycles. The average Bonchev–Trinajstić information content (AvgIpc) is 2.29. The van der Waals surface area contributed by atoms with Gasteiger partial charge in [0.25, 0.3) is 0 Å². The fourth-order valence-electron chi connectivity index (χ4n) is 2.07. The molecule has 0 unspecified atom stereocenters. The number of methoxy groups -OCH3 is 1. The summed E-state index contributed by atoms with van der Waals surface area (Å²) in [6.07, 6.45) is 0. The zero-order chi connectivity index (χ0) is 13.1. The Balaban J connectivity index is 2.01. The number of amides is 1. The van der Waals surface area contributed by atoms with Gasteiger partial charge in [-0.3, -0.25) is 4.79 Å². The SMILES string of the molecule is COc1ccc(CNC(=O)C2CNC2)c(C)c1C. The fourth-order valence-corrected chi connectivity index (χ4v) is 2.07. The van der Waals surface area contributed by atoms with Crippen molar-refractivity contribution in [1.82, 2.24) is 10.6 Å². The number of carbonyl (C=O) groups excluding carboxylic acids is 1. The zero-order valence-corrected chi connectivity index (χ0v) is 11.2. The van der Waals surface area contributed by atoms with E-state index in [9.17, 15) is 4.79 Å². The van der Waals surface area contributed by atoms with Gasteiger partial charge >= 0.3 is 0 Å². The Morgan fingerprint density at radius 2 is 2.11 bits per heavy atom. The van der Waals surface area contributed by atoms with Crippen LogP contribution >= 0.6 is 0 Å². The molecule has 0 saturated carbocycles. The first-order chi connectivity index (χ1) is 8.63. The molecule has 0 bridgehead atoms. The maximum absolute atomic E-state index is 11.7. The number of benzene rings is 1. The molecular formula is C14H20N2O2. The smallest absolute Gasteiger partial charge is 0.225 e. The molecule has 2 N–H and O–H groups in total. The summed E-state index contributed by atoms with van der Waals surface area (Å²) in [5, 5.41) is 6.09. The lowest BCUT2D eigenvalue weighted by Gasteiger charge is -2.26. The highest BCUT2D eigenvalue weighted by Crippen LogP contribution is 2.23. The van der Waals surface area contributed by atoms with Crippen LogP contribution in [0.4, 0.5) is 0 Å². The Morgan fingerprint density at radius 3 is 2.67 bits per heavy atom. The van der Waals surface area contributed by atoms with E-state index in [1.54, 1.807) is 7.11 Å². The summed E-state index contributed by atoms with van der Waals surface area (Å²) >= 11 is 0. The van der Waals surface area contributed by atoms with Crippen LogP contribution in [0.1, 0.15) is 16.7 Å². The summed E-state index contributed by atoms with van der Waals surface area (Å²) in [7, 11) is 1.67. The van der Waals surface area contributed by atoms with Gasteiger partial charge in [0.15, 0.2) is 0 Å². The molecule has 4 nitrogen and oxygen atoms in total. The molecule has 1 aliphatic rings. The molecule has 1 amide bonds. The van der Waals surface area contributed by atoms with Crippen LogP contribution in [0.15, 0.2) is 12.1 Å². The van der Waals surface area contributed by atoms with Gasteiger partial charge in [-0.25, -0.2) is 0 Å². The summed E-state index contributed by atoms with van der Waals surface area (Å²) in [5.41, 5.74) is 3.46. The number of hydrogen-bond donors (Lipinski definition) is 2. The Morgan fingerprint density at radius 1 is 1.39 bits per heavy atom. The largest absolute Gasteiger partial charge is 0.496 e. The second-order valence-corrected chi connectivity index (χ2v) is 4.75. The quantitative estimate of drug-likeness (QED) is 0.840. The van der Waals surface area contributed by atoms with E-state index in [1.165, 1.54) is 5.56 Å². The summed E-state index contributed by atoms with van der Waals surface area (Å²) in [6, 6.07) is 3.97. The van der Waals surface area contributed by atoms with E-state index in [-0.39, 0.29) is 11.8 Å². The van der Waals surface area contributed by atoms with Crippen molar-refractivity contribution in [1.29, 1.82) is 0 Å². The minimum Gasteiger partial charge on any atom is -0.496 e. The van der Waals surface area contributed by atoms with Crippen molar-refractivity contribution in [2.45, 2.75) is 20.4 Å². The molecule has 2 rings (SSSR count). The van der Waals surface area contributed by atoms with Crippen molar-refractivity contribution in [2.24, 2.45) is 5.92 Å². The van der Waals surface area contributed by atoms with Crippen LogP contribution in [0.5, 0.6) is 5.75 Å². The molecule has 0 aromatic heterocycles. The second-order valence-electron chi connectivity index (χ2n) is 4.75. The van der Waals surface area contributed by atoms with E-state index in [4.69, 9.17) is 4.74 Å². The van der Waals surface area contributed by atoms with Crippen LogP contribution in [0.25, 0.3) is 0 Å². The monoisotopic (exact) mass is 248 g/mol. The number of hydrogen-bond acceptors (Lipinski definition) is 3. The number of ether oxygens (including phenoxy) is 1. The first-order valence-electron chi connectivity index (χ1n) is 6.25. The third kappa shape index (κ3) is 2.48. The maximum Gasteiger partial charge on any atom is 0.225 e. The number of nitrogens with one attached hydrogen (secondary N) is 2. The molecule has 0 atom stereocenters. The zero-order valence-electron chi connectivity index (χ0n) is 11.2. The second kappa shape index (κ2) is 5.40. The Hall–Kier alpha value is -1.55. The standard InChI is InChI=1S/C14H20N2O2/c1-9-10(2)13(18-3)5-4-11(9)8-16-14(17)12-6-15-7-12/h4-5,12,15H,6-8H2,1-3H3,(H,16,17). The third-order valence-corrected chi connectivity index (χ3v) is 3.67. The van der Waals surface area contributed by atoms with Gasteiger partial charge < -0.3 is 15.4 Å². The minimum absolute atomic E-state index is 0.140. The lowest BCUT2D eigenvalue weighted by Crippen LogP contribution is -2.50. The molecule has 4 heteroatoms. The van der Waals surface area contributed by atoms with Crippen LogP contribution in [0.3, 0.4) is 0 Å². The van der Waals surface area contributed by atoms with Crippen LogP contribution in [-0.2, 0) is 11.3 Å². The van der Waals surface area contributed by atoms with Gasteiger partial charge in [-0.2, -0.15) is 0 Å². The predicted octanol–water partition coefficient (Wildman–Crippen LogP) is 1.15. The van der Waals surface area contributed by atoms with Crippen LogP contribution in [0.2, 0.25) is 0 Å². The van der Waals surface area contributed by atoms with Crippen molar-refractivity contribution in [3.05, 3.63) is 28.8 Å².